The van der Waals surface area contributed by atoms with Crippen molar-refractivity contribution in [1.29, 1.82) is 0 Å². The van der Waals surface area contributed by atoms with Crippen molar-refractivity contribution in [2.24, 2.45) is 0 Å². The van der Waals surface area contributed by atoms with Crippen LogP contribution in [0, 0.1) is 13.8 Å². The molecule has 0 unspecified atom stereocenters. The minimum atomic E-state index is -0.152. The number of H-pyrrole nitrogens is 1. The molecule has 0 aliphatic carbocycles. The Kier molecular flexibility index (Phi) is 2.00. The van der Waals surface area contributed by atoms with E-state index in [1.165, 1.54) is 6.07 Å². The summed E-state index contributed by atoms with van der Waals surface area (Å²) in [4.78, 5) is 22.6. The largest absolute Gasteiger partial charge is 0.330 e. The summed E-state index contributed by atoms with van der Waals surface area (Å²) >= 11 is 5.71. The Hall–Kier alpha value is -1.42. The molecular formula is C9H8ClN3O. The first-order valence-electron chi connectivity index (χ1n) is 4.11. The monoisotopic (exact) mass is 209 g/mol. The molecule has 14 heavy (non-hydrogen) atoms. The van der Waals surface area contributed by atoms with Gasteiger partial charge in [0.15, 0.2) is 5.43 Å². The molecular weight excluding hydrogens is 202 g/mol. The first-order valence-corrected chi connectivity index (χ1v) is 4.49. The molecule has 0 saturated heterocycles. The van der Waals surface area contributed by atoms with Crippen LogP contribution in [-0.4, -0.2) is 15.0 Å². The van der Waals surface area contributed by atoms with Crippen LogP contribution in [0.5, 0.6) is 0 Å². The van der Waals surface area contributed by atoms with Crippen molar-refractivity contribution in [3.8, 4) is 0 Å². The van der Waals surface area contributed by atoms with Crippen molar-refractivity contribution in [1.82, 2.24) is 15.0 Å². The molecule has 1 N–H and O–H groups in total. The molecule has 2 heterocycles. The quantitative estimate of drug-likeness (QED) is 0.671. The van der Waals surface area contributed by atoms with Gasteiger partial charge >= 0.3 is 0 Å². The van der Waals surface area contributed by atoms with Crippen LogP contribution < -0.4 is 5.43 Å². The lowest BCUT2D eigenvalue weighted by molar-refractivity contribution is 1.03. The summed E-state index contributed by atoms with van der Waals surface area (Å²) in [7, 11) is 0. The minimum Gasteiger partial charge on any atom is -0.330 e. The van der Waals surface area contributed by atoms with Crippen LogP contribution in [0.2, 0.25) is 5.15 Å². The lowest BCUT2D eigenvalue weighted by Crippen LogP contribution is -2.07. The van der Waals surface area contributed by atoms with E-state index in [1.807, 2.05) is 0 Å². The van der Waals surface area contributed by atoms with E-state index in [9.17, 15) is 4.79 Å². The Morgan fingerprint density at radius 1 is 1.36 bits per heavy atom. The normalized spacial score (nSPS) is 10.8. The number of hydrogen-bond donors (Lipinski definition) is 1. The van der Waals surface area contributed by atoms with Crippen LogP contribution in [0.25, 0.3) is 11.0 Å². The van der Waals surface area contributed by atoms with Gasteiger partial charge in [-0.3, -0.25) is 4.79 Å². The number of halogens is 1. The number of aromatic nitrogens is 3. The zero-order valence-electron chi connectivity index (χ0n) is 7.76. The van der Waals surface area contributed by atoms with E-state index in [-0.39, 0.29) is 5.43 Å². The molecule has 0 amide bonds. The zero-order chi connectivity index (χ0) is 10.3. The first kappa shape index (κ1) is 9.15. The fraction of sp³-hybridized carbons (Fsp3) is 0.222. The molecule has 0 aliphatic heterocycles. The molecule has 0 bridgehead atoms. The van der Waals surface area contributed by atoms with E-state index in [0.717, 1.165) is 0 Å². The van der Waals surface area contributed by atoms with Crippen LogP contribution in [0.15, 0.2) is 10.9 Å². The summed E-state index contributed by atoms with van der Waals surface area (Å²) in [5, 5.41) is 0.792. The summed E-state index contributed by atoms with van der Waals surface area (Å²) in [6.07, 6.45) is 0. The maximum atomic E-state index is 11.5. The standard InChI is InChI=1S/C9H8ClN3O/c1-4-8-6(14)3-7(10)13-9(8)12-5(2)11-4/h3H,1-2H3,(H,11,12,13,14). The number of aromatic amines is 1. The molecule has 0 aromatic carbocycles. The number of aryl methyl sites for hydroxylation is 2. The van der Waals surface area contributed by atoms with Gasteiger partial charge in [0.1, 0.15) is 16.6 Å². The van der Waals surface area contributed by atoms with Gasteiger partial charge in [0, 0.05) is 6.07 Å². The van der Waals surface area contributed by atoms with E-state index in [2.05, 4.69) is 15.0 Å². The van der Waals surface area contributed by atoms with Gasteiger partial charge in [-0.05, 0) is 13.8 Å². The van der Waals surface area contributed by atoms with Crippen LogP contribution in [0.4, 0.5) is 0 Å². The predicted octanol–water partition coefficient (Wildman–Crippen LogP) is 1.59. The van der Waals surface area contributed by atoms with Crippen molar-refractivity contribution < 1.29 is 0 Å². The summed E-state index contributed by atoms with van der Waals surface area (Å²) in [5.74, 6) is 0.618. The van der Waals surface area contributed by atoms with Crippen molar-refractivity contribution >= 4 is 22.6 Å². The third-order valence-electron chi connectivity index (χ3n) is 1.94. The molecule has 0 saturated carbocycles. The van der Waals surface area contributed by atoms with Crippen molar-refractivity contribution in [2.75, 3.05) is 0 Å². The van der Waals surface area contributed by atoms with Gasteiger partial charge in [-0.2, -0.15) is 0 Å². The number of nitrogens with zero attached hydrogens (tertiary/aromatic N) is 2. The molecule has 0 aliphatic rings. The van der Waals surface area contributed by atoms with E-state index in [1.54, 1.807) is 13.8 Å². The Morgan fingerprint density at radius 2 is 2.07 bits per heavy atom. The third-order valence-corrected chi connectivity index (χ3v) is 2.15. The van der Waals surface area contributed by atoms with Gasteiger partial charge in [-0.15, -0.1) is 0 Å². The summed E-state index contributed by atoms with van der Waals surface area (Å²) < 4.78 is 0. The predicted molar refractivity (Wildman–Crippen MR) is 54.6 cm³/mol. The zero-order valence-corrected chi connectivity index (χ0v) is 8.51. The molecule has 2 aromatic rings. The lowest BCUT2D eigenvalue weighted by atomic mass is 10.2. The highest BCUT2D eigenvalue weighted by atomic mass is 35.5. The Morgan fingerprint density at radius 3 is 2.79 bits per heavy atom. The van der Waals surface area contributed by atoms with Crippen LogP contribution in [0.1, 0.15) is 11.5 Å². The van der Waals surface area contributed by atoms with Gasteiger partial charge < -0.3 is 4.98 Å². The number of nitrogens with one attached hydrogen (secondary N) is 1. The number of hydrogen-bond acceptors (Lipinski definition) is 3. The highest BCUT2D eigenvalue weighted by Gasteiger charge is 2.06. The molecule has 5 heteroatoms. The smallest absolute Gasteiger partial charge is 0.194 e. The van der Waals surface area contributed by atoms with Gasteiger partial charge in [-0.25, -0.2) is 9.97 Å². The van der Waals surface area contributed by atoms with Gasteiger partial charge in [-0.1, -0.05) is 11.6 Å². The molecule has 0 fully saturated rings. The third kappa shape index (κ3) is 1.37. The van der Waals surface area contributed by atoms with Crippen LogP contribution in [0.3, 0.4) is 0 Å². The highest BCUT2D eigenvalue weighted by Crippen LogP contribution is 2.11. The Bertz CT molecular complexity index is 556. The number of fused-ring (bicyclic) bond motifs is 1. The molecule has 72 valence electrons. The molecule has 0 radical (unpaired) electrons. The molecule has 0 atom stereocenters. The second kappa shape index (κ2) is 3.06. The highest BCUT2D eigenvalue weighted by molar-refractivity contribution is 6.29. The van der Waals surface area contributed by atoms with Crippen LogP contribution >= 0.6 is 11.6 Å². The van der Waals surface area contributed by atoms with Gasteiger partial charge in [0.25, 0.3) is 0 Å². The number of rotatable bonds is 0. The van der Waals surface area contributed by atoms with Crippen LogP contribution in [-0.2, 0) is 0 Å². The van der Waals surface area contributed by atoms with E-state index in [0.29, 0.717) is 27.7 Å². The maximum Gasteiger partial charge on any atom is 0.194 e. The average Bonchev–Trinajstić information content (AvgIpc) is 1.99. The molecule has 0 spiro atoms. The molecule has 2 rings (SSSR count). The van der Waals surface area contributed by atoms with Crippen molar-refractivity contribution in [3.05, 3.63) is 33.0 Å². The fourth-order valence-corrected chi connectivity index (χ4v) is 1.62. The van der Waals surface area contributed by atoms with Gasteiger partial charge in [0.2, 0.25) is 0 Å². The average molecular weight is 210 g/mol. The Balaban J connectivity index is 3.02. The fourth-order valence-electron chi connectivity index (χ4n) is 1.43. The SMILES string of the molecule is Cc1nc(C)c2c(=O)cc(Cl)[nH]c2n1. The molecule has 2 aromatic heterocycles. The second-order valence-corrected chi connectivity index (χ2v) is 3.47. The summed E-state index contributed by atoms with van der Waals surface area (Å²) in [6.45, 7) is 3.55. The van der Waals surface area contributed by atoms with E-state index >= 15 is 0 Å². The van der Waals surface area contributed by atoms with Crippen molar-refractivity contribution in [3.63, 3.8) is 0 Å². The van der Waals surface area contributed by atoms with E-state index in [4.69, 9.17) is 11.6 Å². The van der Waals surface area contributed by atoms with E-state index < -0.39 is 0 Å². The maximum absolute atomic E-state index is 11.5. The van der Waals surface area contributed by atoms with Crippen molar-refractivity contribution in [2.45, 2.75) is 13.8 Å². The molecule has 4 nitrogen and oxygen atoms in total. The second-order valence-electron chi connectivity index (χ2n) is 3.06. The topological polar surface area (TPSA) is 58.6 Å². The minimum absolute atomic E-state index is 0.152. The van der Waals surface area contributed by atoms with Gasteiger partial charge in [0.05, 0.1) is 11.1 Å². The Labute approximate surface area is 85.0 Å². The summed E-state index contributed by atoms with van der Waals surface area (Å²) in [5.41, 5.74) is 1.01. The number of pyridine rings is 1. The summed E-state index contributed by atoms with van der Waals surface area (Å²) in [6, 6.07) is 1.33. The first-order chi connectivity index (χ1) is 6.58. The lowest BCUT2D eigenvalue weighted by Gasteiger charge is -2.01.